The van der Waals surface area contributed by atoms with E-state index in [-0.39, 0.29) is 16.9 Å². The van der Waals surface area contributed by atoms with Gasteiger partial charge in [-0.1, -0.05) is 13.0 Å². The number of nitrogens with one attached hydrogen (secondary N) is 1. The Kier molecular flexibility index (Phi) is 8.44. The molecule has 45 heavy (non-hydrogen) atoms. The number of rotatable bonds is 6. The predicted molar refractivity (Wildman–Crippen MR) is 132 cm³/mol. The number of nitrogens with zero attached hydrogens (tertiary/aromatic N) is 4. The van der Waals surface area contributed by atoms with E-state index in [0.717, 1.165) is 12.4 Å². The maximum absolute atomic E-state index is 15.9. The van der Waals surface area contributed by atoms with Crippen molar-refractivity contribution in [2.45, 2.75) is 56.1 Å². The minimum absolute atomic E-state index is 0.0125. The number of hydrogen-bond donors (Lipinski definition) is 3. The topological polar surface area (TPSA) is 126 Å². The van der Waals surface area contributed by atoms with Crippen molar-refractivity contribution in [3.8, 4) is 11.3 Å². The molecule has 3 aromatic rings. The Balaban J connectivity index is 1.64. The van der Waals surface area contributed by atoms with Gasteiger partial charge in [-0.15, -0.1) is 0 Å². The number of halogens is 11. The number of amides is 2. The van der Waals surface area contributed by atoms with Gasteiger partial charge < -0.3 is 21.1 Å². The lowest BCUT2D eigenvalue weighted by Gasteiger charge is -2.32. The van der Waals surface area contributed by atoms with Crippen LogP contribution in [-0.2, 0) is 17.4 Å². The molecule has 4 N–H and O–H groups in total. The highest BCUT2D eigenvalue weighted by atomic mass is 19.4. The van der Waals surface area contributed by atoms with Crippen LogP contribution in [0, 0.1) is 5.82 Å². The van der Waals surface area contributed by atoms with Gasteiger partial charge in [-0.25, -0.2) is 18.3 Å². The molecule has 0 aliphatic carbocycles. The van der Waals surface area contributed by atoms with Gasteiger partial charge in [0.2, 0.25) is 5.91 Å². The van der Waals surface area contributed by atoms with Gasteiger partial charge in [0, 0.05) is 12.1 Å². The Morgan fingerprint density at radius 1 is 1.07 bits per heavy atom. The van der Waals surface area contributed by atoms with Crippen molar-refractivity contribution in [1.29, 1.82) is 0 Å². The highest BCUT2D eigenvalue weighted by molar-refractivity contribution is 5.98. The molecule has 20 heteroatoms. The Morgan fingerprint density at radius 3 is 2.24 bits per heavy atom. The van der Waals surface area contributed by atoms with Crippen LogP contribution >= 0.6 is 0 Å². The zero-order chi connectivity index (χ0) is 33.9. The van der Waals surface area contributed by atoms with E-state index in [1.54, 1.807) is 0 Å². The summed E-state index contributed by atoms with van der Waals surface area (Å²) in [6, 6.07) is 1.02. The van der Waals surface area contributed by atoms with Crippen LogP contribution in [0.25, 0.3) is 16.8 Å². The number of alkyl halides is 10. The monoisotopic (exact) mass is 662 g/mol. The summed E-state index contributed by atoms with van der Waals surface area (Å²) in [6.45, 7) is -0.547. The number of aryl methyl sites for hydroxylation is 1. The number of carbonyl (C=O) groups is 2. The molecule has 2 atom stereocenters. The van der Waals surface area contributed by atoms with E-state index in [9.17, 15) is 58.6 Å². The number of benzene rings is 1. The average molecular weight is 662 g/mol. The molecule has 0 bridgehead atoms. The summed E-state index contributed by atoms with van der Waals surface area (Å²) in [5.41, 5.74) is -3.70. The van der Waals surface area contributed by atoms with Crippen LogP contribution < -0.4 is 11.1 Å². The fourth-order valence-corrected chi connectivity index (χ4v) is 4.87. The smallest absolute Gasteiger partial charge is 0.382 e. The lowest BCUT2D eigenvalue weighted by atomic mass is 9.97. The van der Waals surface area contributed by atoms with E-state index < -0.39 is 107 Å². The number of aliphatic hydroxyl groups is 1. The van der Waals surface area contributed by atoms with E-state index in [0.29, 0.717) is 10.6 Å². The summed E-state index contributed by atoms with van der Waals surface area (Å²) in [5.74, 6) is -5.25. The van der Waals surface area contributed by atoms with Crippen LogP contribution in [0.4, 0.5) is 54.1 Å². The SMILES string of the molecule is CCc1ccc(-c2cc(C(F)(F)F)c3c(N)ncnn23)c(F)c1C(=O)N[C@@H]1CN(C(=O)CC(O)(C(F)(F)F)C(F)(F)F)C[C@@H]1F. The lowest BCUT2D eigenvalue weighted by Crippen LogP contribution is -2.59. The molecule has 9 nitrogen and oxygen atoms in total. The third-order valence-electron chi connectivity index (χ3n) is 7.26. The standard InChI is InChI=1S/C25H21F11N6O3/c1-2-10-3-4-11(15-5-12(23(28,29)30)19-20(37)38-9-39-42(15)19)18(27)17(10)21(44)40-14-8-41(7-13(14)26)16(43)6-22(45,24(31,32)33)25(34,35)36/h3-5,9,13-14,45H,2,6-8H2,1H3,(H,40,44)(H2,37,38,39)/t13-,14+/m0/s1. The minimum atomic E-state index is -6.31. The van der Waals surface area contributed by atoms with Crippen molar-refractivity contribution in [1.82, 2.24) is 24.8 Å². The fourth-order valence-electron chi connectivity index (χ4n) is 4.87. The Morgan fingerprint density at radius 2 is 1.69 bits per heavy atom. The quantitative estimate of drug-likeness (QED) is 0.340. The normalized spacial score (nSPS) is 18.1. The molecule has 1 saturated heterocycles. The van der Waals surface area contributed by atoms with Gasteiger partial charge >= 0.3 is 18.5 Å². The highest BCUT2D eigenvalue weighted by Crippen LogP contribution is 2.46. The average Bonchev–Trinajstić information content (AvgIpc) is 3.48. The summed E-state index contributed by atoms with van der Waals surface area (Å²) in [7, 11) is 0. The molecule has 2 aromatic heterocycles. The van der Waals surface area contributed by atoms with E-state index in [1.807, 2.05) is 5.32 Å². The first-order chi connectivity index (χ1) is 20.6. The second-order valence-corrected chi connectivity index (χ2v) is 10.1. The third kappa shape index (κ3) is 5.94. The molecule has 4 rings (SSSR count). The molecule has 1 aliphatic heterocycles. The van der Waals surface area contributed by atoms with E-state index >= 15 is 4.39 Å². The number of hydrogen-bond acceptors (Lipinski definition) is 6. The largest absolute Gasteiger partial charge is 0.426 e. The Bertz CT molecular complexity index is 1620. The van der Waals surface area contributed by atoms with Crippen LogP contribution in [0.3, 0.4) is 0 Å². The zero-order valence-electron chi connectivity index (χ0n) is 22.6. The van der Waals surface area contributed by atoms with E-state index in [4.69, 9.17) is 5.73 Å². The second kappa shape index (κ2) is 11.3. The van der Waals surface area contributed by atoms with Gasteiger partial charge in [0.25, 0.3) is 11.5 Å². The van der Waals surface area contributed by atoms with Crippen molar-refractivity contribution < 1.29 is 63.0 Å². The fraction of sp³-hybridized carbons (Fsp3) is 0.440. The molecule has 2 amide bonds. The highest BCUT2D eigenvalue weighted by Gasteiger charge is 2.71. The van der Waals surface area contributed by atoms with Gasteiger partial charge in [-0.05, 0) is 24.1 Å². The summed E-state index contributed by atoms with van der Waals surface area (Å²) in [6.07, 6.45) is -21.6. The molecule has 1 aliphatic rings. The minimum Gasteiger partial charge on any atom is -0.382 e. The first-order valence-electron chi connectivity index (χ1n) is 12.7. The molecule has 0 unspecified atom stereocenters. The van der Waals surface area contributed by atoms with E-state index in [1.165, 1.54) is 13.0 Å². The molecule has 0 spiro atoms. The van der Waals surface area contributed by atoms with Crippen LogP contribution in [0.15, 0.2) is 24.5 Å². The molecule has 1 aromatic carbocycles. The number of carbonyl (C=O) groups excluding carboxylic acids is 2. The Hall–Kier alpha value is -4.23. The van der Waals surface area contributed by atoms with Gasteiger partial charge in [0.15, 0.2) is 5.82 Å². The molecule has 3 heterocycles. The molecule has 0 saturated carbocycles. The number of aromatic nitrogens is 3. The summed E-state index contributed by atoms with van der Waals surface area (Å²) >= 11 is 0. The lowest BCUT2D eigenvalue weighted by molar-refractivity contribution is -0.367. The number of nitrogens with two attached hydrogens (primary N) is 1. The van der Waals surface area contributed by atoms with Crippen LogP contribution in [0.2, 0.25) is 0 Å². The van der Waals surface area contributed by atoms with E-state index in [2.05, 4.69) is 10.1 Å². The van der Waals surface area contributed by atoms with Crippen molar-refractivity contribution in [3.05, 3.63) is 47.0 Å². The number of anilines is 1. The van der Waals surface area contributed by atoms with Crippen molar-refractivity contribution >= 4 is 23.1 Å². The van der Waals surface area contributed by atoms with Gasteiger partial charge in [0.1, 0.15) is 23.8 Å². The molecule has 246 valence electrons. The maximum Gasteiger partial charge on any atom is 0.426 e. The van der Waals surface area contributed by atoms with Gasteiger partial charge in [-0.3, -0.25) is 9.59 Å². The van der Waals surface area contributed by atoms with Crippen LogP contribution in [0.5, 0.6) is 0 Å². The summed E-state index contributed by atoms with van der Waals surface area (Å²) in [4.78, 5) is 29.2. The second-order valence-electron chi connectivity index (χ2n) is 10.1. The van der Waals surface area contributed by atoms with Crippen molar-refractivity contribution in [3.63, 3.8) is 0 Å². The first-order valence-corrected chi connectivity index (χ1v) is 12.7. The predicted octanol–water partition coefficient (Wildman–Crippen LogP) is 4.22. The Labute approximate surface area is 244 Å². The van der Waals surface area contributed by atoms with Crippen molar-refractivity contribution in [2.75, 3.05) is 18.8 Å². The zero-order valence-corrected chi connectivity index (χ0v) is 22.6. The summed E-state index contributed by atoms with van der Waals surface area (Å²) < 4.78 is 151. The molecule has 1 fully saturated rings. The maximum atomic E-state index is 15.9. The molecular formula is C25H21F11N6O3. The summed E-state index contributed by atoms with van der Waals surface area (Å²) in [5, 5.41) is 15.0. The van der Waals surface area contributed by atoms with Crippen LogP contribution in [0.1, 0.15) is 34.8 Å². The molecule has 0 radical (unpaired) electrons. The number of likely N-dealkylation sites (tertiary alicyclic amines) is 1. The van der Waals surface area contributed by atoms with Gasteiger partial charge in [-0.2, -0.15) is 44.6 Å². The van der Waals surface area contributed by atoms with Crippen molar-refractivity contribution in [2.24, 2.45) is 0 Å². The first kappa shape index (κ1) is 33.7. The van der Waals surface area contributed by atoms with Gasteiger partial charge in [0.05, 0.1) is 35.8 Å². The number of fused-ring (bicyclic) bond motifs is 1. The third-order valence-corrected chi connectivity index (χ3v) is 7.26. The number of nitrogen functional groups attached to an aromatic ring is 1. The van der Waals surface area contributed by atoms with Crippen LogP contribution in [-0.4, -0.2) is 79.7 Å². The molecular weight excluding hydrogens is 641 g/mol.